The number of esters is 1. The lowest BCUT2D eigenvalue weighted by Gasteiger charge is -2.17. The number of nitrogens with zero attached hydrogens (tertiary/aromatic N) is 1. The second kappa shape index (κ2) is 10.6. The Kier molecular flexibility index (Phi) is 8.77. The first-order valence-electron chi connectivity index (χ1n) is 8.35. The highest BCUT2D eigenvalue weighted by atomic mass is 16.5. The maximum atomic E-state index is 11.8. The summed E-state index contributed by atoms with van der Waals surface area (Å²) >= 11 is 0. The van der Waals surface area contributed by atoms with Crippen molar-refractivity contribution in [2.75, 3.05) is 33.9 Å². The van der Waals surface area contributed by atoms with Crippen LogP contribution in [0.25, 0.3) is 0 Å². The second-order valence-electron chi connectivity index (χ2n) is 5.70. The third-order valence-electron chi connectivity index (χ3n) is 3.27. The van der Waals surface area contributed by atoms with E-state index >= 15 is 0 Å². The van der Waals surface area contributed by atoms with Crippen molar-refractivity contribution in [2.24, 2.45) is 0 Å². The zero-order valence-electron chi connectivity index (χ0n) is 15.3. The van der Waals surface area contributed by atoms with Gasteiger partial charge in [0.1, 0.15) is 0 Å². The Hall–Kier alpha value is -2.28. The summed E-state index contributed by atoms with van der Waals surface area (Å²) < 4.78 is 16.1. The summed E-state index contributed by atoms with van der Waals surface area (Å²) in [6.07, 6.45) is 0.0604. The Balaban J connectivity index is 2.92. The lowest BCUT2D eigenvalue weighted by molar-refractivity contribution is -0.153. The van der Waals surface area contributed by atoms with Crippen molar-refractivity contribution in [3.63, 3.8) is 0 Å². The highest BCUT2D eigenvalue weighted by Crippen LogP contribution is 2.31. The first-order chi connectivity index (χ1) is 11.9. The van der Waals surface area contributed by atoms with Crippen molar-refractivity contribution >= 4 is 11.9 Å². The zero-order valence-corrected chi connectivity index (χ0v) is 15.3. The number of ether oxygens (including phenoxy) is 3. The molecule has 1 rings (SSSR count). The lowest BCUT2D eigenvalue weighted by Crippen LogP contribution is -2.27. The summed E-state index contributed by atoms with van der Waals surface area (Å²) in [5, 5.41) is 10.1. The summed E-state index contributed by atoms with van der Waals surface area (Å²) in [5.74, 6) is -0.150. The number of benzene rings is 1. The number of carbonyl (C=O) groups is 2. The largest absolute Gasteiger partial charge is 0.490 e. The molecule has 0 saturated heterocycles. The van der Waals surface area contributed by atoms with Crippen LogP contribution in [0.4, 0.5) is 0 Å². The van der Waals surface area contributed by atoms with Gasteiger partial charge in [-0.15, -0.1) is 0 Å². The van der Waals surface area contributed by atoms with E-state index in [1.54, 1.807) is 26.2 Å². The highest BCUT2D eigenvalue weighted by Gasteiger charge is 2.21. The topological polar surface area (TPSA) is 85.3 Å². The van der Waals surface area contributed by atoms with Gasteiger partial charge in [-0.2, -0.15) is 0 Å². The van der Waals surface area contributed by atoms with Gasteiger partial charge in [-0.25, -0.2) is 4.79 Å². The molecule has 1 amide bonds. The van der Waals surface area contributed by atoms with Gasteiger partial charge in [0.2, 0.25) is 0 Å². The number of aliphatic hydroxyl groups excluding tert-OH is 1. The minimum Gasteiger partial charge on any atom is -0.490 e. The van der Waals surface area contributed by atoms with E-state index in [-0.39, 0.29) is 19.1 Å². The first-order valence-corrected chi connectivity index (χ1v) is 8.35. The van der Waals surface area contributed by atoms with E-state index in [2.05, 4.69) is 0 Å². The SMILES string of the molecule is CCCOC(=O)C(O)c1ccc(OCC(=O)N(C)C)c(OCCC)c1. The number of carbonyl (C=O) groups excluding carboxylic acids is 2. The van der Waals surface area contributed by atoms with Crippen molar-refractivity contribution in [3.8, 4) is 11.5 Å². The average Bonchev–Trinajstić information content (AvgIpc) is 2.61. The molecule has 0 aliphatic carbocycles. The van der Waals surface area contributed by atoms with E-state index in [0.717, 1.165) is 6.42 Å². The summed E-state index contributed by atoms with van der Waals surface area (Å²) in [5.41, 5.74) is 0.346. The van der Waals surface area contributed by atoms with Gasteiger partial charge in [-0.05, 0) is 30.5 Å². The van der Waals surface area contributed by atoms with E-state index in [4.69, 9.17) is 14.2 Å². The normalized spacial score (nSPS) is 11.6. The Labute approximate surface area is 148 Å². The minimum atomic E-state index is -1.40. The summed E-state index contributed by atoms with van der Waals surface area (Å²) in [6.45, 7) is 4.39. The molecule has 0 aliphatic heterocycles. The van der Waals surface area contributed by atoms with Crippen LogP contribution in [-0.2, 0) is 14.3 Å². The zero-order chi connectivity index (χ0) is 18.8. The molecule has 7 heteroatoms. The van der Waals surface area contributed by atoms with Crippen molar-refractivity contribution in [3.05, 3.63) is 23.8 Å². The summed E-state index contributed by atoms with van der Waals surface area (Å²) in [4.78, 5) is 24.9. The van der Waals surface area contributed by atoms with Crippen LogP contribution >= 0.6 is 0 Å². The molecular formula is C18H27NO6. The molecule has 1 aromatic rings. The second-order valence-corrected chi connectivity index (χ2v) is 5.70. The third kappa shape index (κ3) is 6.62. The Bertz CT molecular complexity index is 573. The number of rotatable bonds is 10. The van der Waals surface area contributed by atoms with E-state index in [0.29, 0.717) is 30.1 Å². The molecule has 1 N–H and O–H groups in total. The minimum absolute atomic E-state index is 0.129. The van der Waals surface area contributed by atoms with E-state index < -0.39 is 12.1 Å². The molecule has 0 aromatic heterocycles. The monoisotopic (exact) mass is 353 g/mol. The molecule has 1 atom stereocenters. The van der Waals surface area contributed by atoms with Gasteiger partial charge >= 0.3 is 5.97 Å². The van der Waals surface area contributed by atoms with Crippen LogP contribution in [0.5, 0.6) is 11.5 Å². The van der Waals surface area contributed by atoms with Crippen LogP contribution in [0, 0.1) is 0 Å². The van der Waals surface area contributed by atoms with Crippen LogP contribution in [0.3, 0.4) is 0 Å². The molecule has 140 valence electrons. The van der Waals surface area contributed by atoms with Crippen LogP contribution in [-0.4, -0.2) is 55.8 Å². The third-order valence-corrected chi connectivity index (χ3v) is 3.27. The van der Waals surface area contributed by atoms with Crippen molar-refractivity contribution < 1.29 is 28.9 Å². The number of likely N-dealkylation sites (N-methyl/N-ethyl adjacent to an activating group) is 1. The van der Waals surface area contributed by atoms with Gasteiger partial charge in [0.25, 0.3) is 5.91 Å². The molecule has 0 aliphatic rings. The molecule has 0 heterocycles. The van der Waals surface area contributed by atoms with Gasteiger partial charge in [0.15, 0.2) is 24.2 Å². The van der Waals surface area contributed by atoms with Crippen molar-refractivity contribution in [1.29, 1.82) is 0 Å². The fourth-order valence-electron chi connectivity index (χ4n) is 1.83. The van der Waals surface area contributed by atoms with Gasteiger partial charge in [0.05, 0.1) is 13.2 Å². The predicted octanol–water partition coefficient (Wildman–Crippen LogP) is 1.93. The summed E-state index contributed by atoms with van der Waals surface area (Å²) in [7, 11) is 3.28. The molecule has 0 fully saturated rings. The molecule has 1 aromatic carbocycles. The van der Waals surface area contributed by atoms with Crippen LogP contribution in [0.15, 0.2) is 18.2 Å². The maximum Gasteiger partial charge on any atom is 0.339 e. The fourth-order valence-corrected chi connectivity index (χ4v) is 1.83. The Morgan fingerprint density at radius 3 is 2.36 bits per heavy atom. The average molecular weight is 353 g/mol. The smallest absolute Gasteiger partial charge is 0.339 e. The van der Waals surface area contributed by atoms with Gasteiger partial charge in [-0.3, -0.25) is 4.79 Å². The molecule has 0 spiro atoms. The van der Waals surface area contributed by atoms with Crippen molar-refractivity contribution in [2.45, 2.75) is 32.8 Å². The van der Waals surface area contributed by atoms with E-state index in [9.17, 15) is 14.7 Å². The lowest BCUT2D eigenvalue weighted by atomic mass is 10.1. The molecule has 0 saturated carbocycles. The fraction of sp³-hybridized carbons (Fsp3) is 0.556. The van der Waals surface area contributed by atoms with Crippen molar-refractivity contribution in [1.82, 2.24) is 4.90 Å². The molecule has 1 unspecified atom stereocenters. The van der Waals surface area contributed by atoms with Gasteiger partial charge in [0, 0.05) is 14.1 Å². The van der Waals surface area contributed by atoms with Crippen LogP contribution in [0.2, 0.25) is 0 Å². The predicted molar refractivity (Wildman–Crippen MR) is 92.6 cm³/mol. The van der Waals surface area contributed by atoms with Crippen LogP contribution in [0.1, 0.15) is 38.4 Å². The Morgan fingerprint density at radius 2 is 1.76 bits per heavy atom. The standard InChI is InChI=1S/C18H27NO6/c1-5-9-23-15-11-13(17(21)18(22)24-10-6-2)7-8-14(15)25-12-16(20)19(3)4/h7-8,11,17,21H,5-6,9-10,12H2,1-4H3. The Morgan fingerprint density at radius 1 is 1.08 bits per heavy atom. The molecular weight excluding hydrogens is 326 g/mol. The highest BCUT2D eigenvalue weighted by molar-refractivity contribution is 5.77. The number of aliphatic hydroxyl groups is 1. The van der Waals surface area contributed by atoms with E-state index in [1.807, 2.05) is 13.8 Å². The first kappa shape index (κ1) is 20.8. The number of hydrogen-bond donors (Lipinski definition) is 1. The quantitative estimate of drug-likeness (QED) is 0.647. The number of hydrogen-bond acceptors (Lipinski definition) is 6. The maximum absolute atomic E-state index is 11.8. The molecule has 25 heavy (non-hydrogen) atoms. The summed E-state index contributed by atoms with van der Waals surface area (Å²) in [6, 6.07) is 4.65. The molecule has 0 bridgehead atoms. The molecule has 0 radical (unpaired) electrons. The van der Waals surface area contributed by atoms with Crippen LogP contribution < -0.4 is 9.47 Å². The van der Waals surface area contributed by atoms with E-state index in [1.165, 1.54) is 11.0 Å². The molecule has 7 nitrogen and oxygen atoms in total. The number of amides is 1. The van der Waals surface area contributed by atoms with Gasteiger partial charge in [-0.1, -0.05) is 19.9 Å². The van der Waals surface area contributed by atoms with Gasteiger partial charge < -0.3 is 24.2 Å².